The summed E-state index contributed by atoms with van der Waals surface area (Å²) < 4.78 is 80.4. The fourth-order valence-corrected chi connectivity index (χ4v) is 1.43. The molecule has 0 rings (SSSR count). The first-order chi connectivity index (χ1) is 7.06. The fraction of sp³-hybridized carbons (Fsp3) is 1.00. The Bertz CT molecular complexity index is 314. The van der Waals surface area contributed by atoms with E-state index >= 15 is 0 Å². The molecule has 0 aliphatic heterocycles. The lowest BCUT2D eigenvalue weighted by molar-refractivity contribution is -0.165. The van der Waals surface area contributed by atoms with Gasteiger partial charge in [-0.3, -0.25) is 0 Å². The Morgan fingerprint density at radius 3 is 1.94 bits per heavy atom. The zero-order valence-electron chi connectivity index (χ0n) is 8.13. The Kier molecular flexibility index (Phi) is 5.15. The van der Waals surface area contributed by atoms with E-state index < -0.39 is 34.1 Å². The van der Waals surface area contributed by atoms with Crippen molar-refractivity contribution >= 4 is 10.1 Å². The third-order valence-corrected chi connectivity index (χ3v) is 2.82. The molecular weight excluding hydrogens is 256 g/mol. The van der Waals surface area contributed by atoms with Gasteiger partial charge in [-0.25, -0.2) is 8.42 Å². The summed E-state index contributed by atoms with van der Waals surface area (Å²) in [5, 5.41) is 2.71. The van der Waals surface area contributed by atoms with Gasteiger partial charge in [0.2, 0.25) is 0 Å². The summed E-state index contributed by atoms with van der Waals surface area (Å²) >= 11 is 0. The first-order valence-corrected chi connectivity index (χ1v) is 5.79. The van der Waals surface area contributed by atoms with E-state index in [-0.39, 0.29) is 19.4 Å². The Balaban J connectivity index is 4.54. The molecule has 0 bridgehead atoms. The molecule has 0 saturated carbocycles. The van der Waals surface area contributed by atoms with Crippen LogP contribution in [0.25, 0.3) is 0 Å². The summed E-state index contributed by atoms with van der Waals surface area (Å²) in [7, 11) is -6.39. The molecule has 16 heavy (non-hydrogen) atoms. The Hall–Kier alpha value is -0.410. The summed E-state index contributed by atoms with van der Waals surface area (Å²) in [6, 6.07) is 0. The van der Waals surface area contributed by atoms with Crippen molar-refractivity contribution in [2.24, 2.45) is 0 Å². The van der Waals surface area contributed by atoms with Gasteiger partial charge in [-0.1, -0.05) is 6.42 Å². The molecule has 0 amide bonds. The van der Waals surface area contributed by atoms with E-state index in [2.05, 4.69) is 0 Å². The molecule has 0 aliphatic carbocycles. The number of hydrogen-bond acceptors (Lipinski definition) is 4. The lowest BCUT2D eigenvalue weighted by Gasteiger charge is -2.28. The number of unbranched alkanes of at least 4 members (excludes halogenated alkanes) is 2. The molecule has 1 N–H and O–H groups in total. The zero-order valence-corrected chi connectivity index (χ0v) is 8.94. The van der Waals surface area contributed by atoms with Crippen LogP contribution in [0.1, 0.15) is 25.7 Å². The molecule has 0 saturated heterocycles. The molecule has 0 heterocycles. The van der Waals surface area contributed by atoms with Crippen molar-refractivity contribution in [3.63, 3.8) is 0 Å². The van der Waals surface area contributed by atoms with Gasteiger partial charge in [0.15, 0.2) is 10.1 Å². The van der Waals surface area contributed by atoms with Crippen LogP contribution in [0.2, 0.25) is 0 Å². The minimum atomic E-state index is -6.39. The van der Waals surface area contributed by atoms with Gasteiger partial charge >= 0.3 is 11.2 Å². The second-order valence-electron chi connectivity index (χ2n) is 3.21. The molecule has 0 radical (unpaired) electrons. The first-order valence-electron chi connectivity index (χ1n) is 4.38. The van der Waals surface area contributed by atoms with E-state index in [0.29, 0.717) is 0 Å². The number of hydrogen-bond donors (Lipinski definition) is 1. The van der Waals surface area contributed by atoms with Crippen molar-refractivity contribution in [1.29, 1.82) is 0 Å². The molecule has 0 spiro atoms. The highest BCUT2D eigenvalue weighted by molar-refractivity contribution is 7.86. The van der Waals surface area contributed by atoms with Crippen LogP contribution >= 0.6 is 0 Å². The topological polar surface area (TPSA) is 77.4 Å². The van der Waals surface area contributed by atoms with Crippen molar-refractivity contribution < 1.29 is 35.6 Å². The van der Waals surface area contributed by atoms with E-state index in [1.165, 1.54) is 0 Å². The average Bonchev–Trinajstić information content (AvgIpc) is 2.10. The number of aliphatic hydroxyl groups excluding tert-OH is 1. The minimum Gasteiger partial charge on any atom is -0.743 e. The zero-order chi connectivity index (χ0) is 13.0. The highest BCUT2D eigenvalue weighted by Gasteiger charge is 2.60. The monoisotopic (exact) mass is 267 g/mol. The van der Waals surface area contributed by atoms with Crippen molar-refractivity contribution in [2.75, 3.05) is 6.61 Å². The summed E-state index contributed by atoms with van der Waals surface area (Å²) in [6.07, 6.45) is -1.63. The maximum atomic E-state index is 12.7. The van der Waals surface area contributed by atoms with Crippen molar-refractivity contribution in [1.82, 2.24) is 0 Å². The molecule has 0 aliphatic rings. The molecule has 0 fully saturated rings. The predicted octanol–water partition coefficient (Wildman–Crippen LogP) is 1.31. The van der Waals surface area contributed by atoms with E-state index in [1.54, 1.807) is 0 Å². The molecular formula is C7H11F4O4S-. The van der Waals surface area contributed by atoms with Crippen molar-refractivity contribution in [3.05, 3.63) is 0 Å². The van der Waals surface area contributed by atoms with Crippen LogP contribution in [-0.2, 0) is 10.1 Å². The highest BCUT2D eigenvalue weighted by atomic mass is 32.2. The average molecular weight is 267 g/mol. The van der Waals surface area contributed by atoms with Gasteiger partial charge in [0.05, 0.1) is 0 Å². The lowest BCUT2D eigenvalue weighted by Crippen LogP contribution is -2.46. The largest absolute Gasteiger partial charge is 0.743 e. The molecule has 0 aromatic carbocycles. The summed E-state index contributed by atoms with van der Waals surface area (Å²) in [4.78, 5) is 0. The third kappa shape index (κ3) is 3.56. The van der Waals surface area contributed by atoms with E-state index in [4.69, 9.17) is 5.11 Å². The number of alkyl halides is 4. The van der Waals surface area contributed by atoms with Crippen LogP contribution in [0.3, 0.4) is 0 Å². The van der Waals surface area contributed by atoms with Crippen LogP contribution in [-0.4, -0.2) is 35.9 Å². The van der Waals surface area contributed by atoms with E-state index in [9.17, 15) is 30.5 Å². The van der Waals surface area contributed by atoms with Gasteiger partial charge in [0.25, 0.3) is 0 Å². The summed E-state index contributed by atoms with van der Waals surface area (Å²) in [5.74, 6) is -4.89. The van der Waals surface area contributed by atoms with Crippen LogP contribution in [0.4, 0.5) is 17.6 Å². The van der Waals surface area contributed by atoms with E-state index in [0.717, 1.165) is 0 Å². The van der Waals surface area contributed by atoms with E-state index in [1.807, 2.05) is 0 Å². The molecule has 4 nitrogen and oxygen atoms in total. The normalized spacial score (nSPS) is 14.1. The molecule has 0 aromatic heterocycles. The molecule has 0 unspecified atom stereocenters. The first kappa shape index (κ1) is 15.6. The second kappa shape index (κ2) is 5.28. The van der Waals surface area contributed by atoms with Gasteiger partial charge < -0.3 is 9.66 Å². The number of halogens is 4. The Labute approximate surface area is 90.0 Å². The number of aliphatic hydroxyl groups is 1. The smallest absolute Gasteiger partial charge is 0.396 e. The van der Waals surface area contributed by atoms with Gasteiger partial charge in [0.1, 0.15) is 0 Å². The summed E-state index contributed by atoms with van der Waals surface area (Å²) in [5.41, 5.74) is 0. The maximum absolute atomic E-state index is 12.7. The maximum Gasteiger partial charge on any atom is 0.396 e. The number of rotatable bonds is 7. The molecule has 0 aromatic rings. The Morgan fingerprint density at radius 1 is 1.06 bits per heavy atom. The van der Waals surface area contributed by atoms with Crippen LogP contribution in [0.5, 0.6) is 0 Å². The fourth-order valence-electron chi connectivity index (χ4n) is 0.964. The standard InChI is InChI=1S/C7H12F4O4S/c8-6(9,4-2-1-3-5-12)7(10,11)16(13,14)15/h12H,1-5H2,(H,13,14,15)/p-1. The highest BCUT2D eigenvalue weighted by Crippen LogP contribution is 2.41. The van der Waals surface area contributed by atoms with Crippen LogP contribution < -0.4 is 0 Å². The molecule has 0 atom stereocenters. The minimum absolute atomic E-state index is 0.0427. The quantitative estimate of drug-likeness (QED) is 0.428. The molecule has 9 heteroatoms. The Morgan fingerprint density at radius 2 is 1.56 bits per heavy atom. The SMILES string of the molecule is O=S(=O)([O-])C(F)(F)C(F)(F)CCCCCO. The van der Waals surface area contributed by atoms with Crippen molar-refractivity contribution in [2.45, 2.75) is 36.9 Å². The second-order valence-corrected chi connectivity index (χ2v) is 4.63. The van der Waals surface area contributed by atoms with Crippen LogP contribution in [0, 0.1) is 0 Å². The third-order valence-electron chi connectivity index (χ3n) is 1.89. The molecule has 98 valence electrons. The van der Waals surface area contributed by atoms with Gasteiger partial charge in [-0.05, 0) is 12.8 Å². The van der Waals surface area contributed by atoms with Crippen molar-refractivity contribution in [3.8, 4) is 0 Å². The van der Waals surface area contributed by atoms with Gasteiger partial charge in [-0.2, -0.15) is 17.6 Å². The van der Waals surface area contributed by atoms with Gasteiger partial charge in [-0.15, -0.1) is 0 Å². The summed E-state index contributed by atoms with van der Waals surface area (Å²) in [6.45, 7) is -0.276. The predicted molar refractivity (Wildman–Crippen MR) is 45.1 cm³/mol. The lowest BCUT2D eigenvalue weighted by atomic mass is 10.1. The van der Waals surface area contributed by atoms with Crippen LogP contribution in [0.15, 0.2) is 0 Å². The van der Waals surface area contributed by atoms with Gasteiger partial charge in [0, 0.05) is 13.0 Å².